The number of carbonyl (C=O) groups is 2. The molecule has 6 heteroatoms. The number of nitrogens with zero attached hydrogens (tertiary/aromatic N) is 2. The molecular formula is C33H37N3O3. The minimum Gasteiger partial charge on any atom is -0.385 e. The van der Waals surface area contributed by atoms with E-state index in [2.05, 4.69) is 29.2 Å². The van der Waals surface area contributed by atoms with Crippen molar-refractivity contribution < 1.29 is 14.3 Å². The third kappa shape index (κ3) is 6.76. The summed E-state index contributed by atoms with van der Waals surface area (Å²) < 4.78 is 5.25. The minimum atomic E-state index is -0.0588. The first-order valence-corrected chi connectivity index (χ1v) is 13.8. The highest BCUT2D eigenvalue weighted by Gasteiger charge is 2.46. The second-order valence-electron chi connectivity index (χ2n) is 10.4. The number of amides is 2. The Kier molecular flexibility index (Phi) is 8.74. The van der Waals surface area contributed by atoms with Crippen molar-refractivity contribution in [3.05, 3.63) is 108 Å². The standard InChI is InChI=1S/C33H37N3O3/c1-39-20-10-18-36(33(38)30-21-29(30)26-13-6-3-7-14-26)24-32(37)35(23-25-11-4-2-5-12-25)19-17-27-22-34-31-16-9-8-15-28(27)31/h2-9,11-16,22,29-30,34H,10,17-21,23-24H2,1H3/t29-,30+/m0/s1. The topological polar surface area (TPSA) is 65.6 Å². The molecule has 3 aromatic carbocycles. The number of para-hydroxylation sites is 1. The van der Waals surface area contributed by atoms with Crippen LogP contribution in [0.4, 0.5) is 0 Å². The Morgan fingerprint density at radius 1 is 0.897 bits per heavy atom. The lowest BCUT2D eigenvalue weighted by molar-refractivity contribution is -0.141. The molecular weight excluding hydrogens is 486 g/mol. The Labute approximate surface area is 230 Å². The van der Waals surface area contributed by atoms with Gasteiger partial charge in [0.15, 0.2) is 0 Å². The van der Waals surface area contributed by atoms with Crippen molar-refractivity contribution >= 4 is 22.7 Å². The molecule has 39 heavy (non-hydrogen) atoms. The average Bonchev–Trinajstić information content (AvgIpc) is 3.68. The SMILES string of the molecule is COCCCN(CC(=O)N(CCc1c[nH]c2ccccc12)Cc1ccccc1)C(=O)[C@@H]1C[C@H]1c1ccccc1. The first-order chi connectivity index (χ1) is 19.1. The van der Waals surface area contributed by atoms with E-state index in [1.54, 1.807) is 12.0 Å². The van der Waals surface area contributed by atoms with Gasteiger partial charge < -0.3 is 19.5 Å². The van der Waals surface area contributed by atoms with Crippen LogP contribution in [0.3, 0.4) is 0 Å². The number of hydrogen-bond donors (Lipinski definition) is 1. The number of carbonyl (C=O) groups excluding carboxylic acids is 2. The normalized spacial score (nSPS) is 16.2. The van der Waals surface area contributed by atoms with Gasteiger partial charge in [-0.05, 0) is 47.9 Å². The van der Waals surface area contributed by atoms with Crippen molar-refractivity contribution in [2.75, 3.05) is 33.4 Å². The van der Waals surface area contributed by atoms with E-state index in [1.807, 2.05) is 71.8 Å². The third-order valence-corrected chi connectivity index (χ3v) is 7.64. The van der Waals surface area contributed by atoms with Crippen LogP contribution in [-0.4, -0.2) is 59.9 Å². The van der Waals surface area contributed by atoms with Crippen LogP contribution in [0, 0.1) is 5.92 Å². The van der Waals surface area contributed by atoms with Crippen molar-refractivity contribution in [1.82, 2.24) is 14.8 Å². The van der Waals surface area contributed by atoms with Gasteiger partial charge in [-0.2, -0.15) is 0 Å². The lowest BCUT2D eigenvalue weighted by atomic mass is 10.1. The van der Waals surface area contributed by atoms with Gasteiger partial charge in [0.1, 0.15) is 0 Å². The van der Waals surface area contributed by atoms with Gasteiger partial charge in [-0.3, -0.25) is 9.59 Å². The van der Waals surface area contributed by atoms with E-state index in [9.17, 15) is 9.59 Å². The van der Waals surface area contributed by atoms with Gasteiger partial charge in [0, 0.05) is 56.4 Å². The zero-order valence-electron chi connectivity index (χ0n) is 22.6. The van der Waals surface area contributed by atoms with Crippen molar-refractivity contribution in [1.29, 1.82) is 0 Å². The number of fused-ring (bicyclic) bond motifs is 1. The number of hydrogen-bond acceptors (Lipinski definition) is 3. The number of aromatic amines is 1. The van der Waals surface area contributed by atoms with Gasteiger partial charge in [0.05, 0.1) is 6.54 Å². The summed E-state index contributed by atoms with van der Waals surface area (Å²) in [6.45, 7) is 2.24. The first-order valence-electron chi connectivity index (χ1n) is 13.8. The highest BCUT2D eigenvalue weighted by Crippen LogP contribution is 2.48. The van der Waals surface area contributed by atoms with Crippen molar-refractivity contribution in [3.63, 3.8) is 0 Å². The zero-order valence-corrected chi connectivity index (χ0v) is 22.6. The van der Waals surface area contributed by atoms with Gasteiger partial charge >= 0.3 is 0 Å². The smallest absolute Gasteiger partial charge is 0.242 e. The van der Waals surface area contributed by atoms with E-state index < -0.39 is 0 Å². The van der Waals surface area contributed by atoms with E-state index in [1.165, 1.54) is 16.5 Å². The molecule has 0 saturated heterocycles. The van der Waals surface area contributed by atoms with Gasteiger partial charge in [0.25, 0.3) is 0 Å². The molecule has 1 aromatic heterocycles. The lowest BCUT2D eigenvalue weighted by Gasteiger charge is -2.28. The lowest BCUT2D eigenvalue weighted by Crippen LogP contribution is -2.44. The van der Waals surface area contributed by atoms with Gasteiger partial charge in [-0.15, -0.1) is 0 Å². The summed E-state index contributed by atoms with van der Waals surface area (Å²) in [4.78, 5) is 34.4. The van der Waals surface area contributed by atoms with Crippen LogP contribution in [0.15, 0.2) is 91.1 Å². The summed E-state index contributed by atoms with van der Waals surface area (Å²) >= 11 is 0. The Hall–Kier alpha value is -3.90. The molecule has 1 aliphatic rings. The summed E-state index contributed by atoms with van der Waals surface area (Å²) in [6.07, 6.45) is 4.31. The van der Waals surface area contributed by atoms with E-state index >= 15 is 0 Å². The van der Waals surface area contributed by atoms with Crippen LogP contribution in [0.1, 0.15) is 35.4 Å². The van der Waals surface area contributed by atoms with E-state index in [0.717, 1.165) is 23.9 Å². The van der Waals surface area contributed by atoms with Gasteiger partial charge in [-0.1, -0.05) is 78.9 Å². The molecule has 0 aliphatic heterocycles. The molecule has 2 atom stereocenters. The predicted octanol–water partition coefficient (Wildman–Crippen LogP) is 5.41. The van der Waals surface area contributed by atoms with Crippen LogP contribution < -0.4 is 0 Å². The maximum Gasteiger partial charge on any atom is 0.242 e. The summed E-state index contributed by atoms with van der Waals surface area (Å²) in [6, 6.07) is 28.5. The first kappa shape index (κ1) is 26.7. The van der Waals surface area contributed by atoms with Crippen molar-refractivity contribution in [2.24, 2.45) is 5.92 Å². The molecule has 0 unspecified atom stereocenters. The summed E-state index contributed by atoms with van der Waals surface area (Å²) in [7, 11) is 1.66. The third-order valence-electron chi connectivity index (χ3n) is 7.64. The fourth-order valence-corrected chi connectivity index (χ4v) is 5.39. The molecule has 1 heterocycles. The van der Waals surface area contributed by atoms with E-state index in [0.29, 0.717) is 32.7 Å². The second kappa shape index (κ2) is 12.8. The highest BCUT2D eigenvalue weighted by molar-refractivity contribution is 5.88. The number of ether oxygens (including phenoxy) is 1. The molecule has 0 radical (unpaired) electrons. The fraction of sp³-hybridized carbons (Fsp3) is 0.333. The van der Waals surface area contributed by atoms with E-state index in [-0.39, 0.29) is 30.2 Å². The summed E-state index contributed by atoms with van der Waals surface area (Å²) in [5.41, 5.74) is 4.56. The number of aromatic nitrogens is 1. The maximum absolute atomic E-state index is 13.8. The van der Waals surface area contributed by atoms with Crippen molar-refractivity contribution in [2.45, 2.75) is 31.7 Å². The highest BCUT2D eigenvalue weighted by atomic mass is 16.5. The molecule has 1 aliphatic carbocycles. The number of H-pyrrole nitrogens is 1. The number of nitrogens with one attached hydrogen (secondary N) is 1. The molecule has 0 spiro atoms. The average molecular weight is 524 g/mol. The molecule has 1 N–H and O–H groups in total. The summed E-state index contributed by atoms with van der Waals surface area (Å²) in [5, 5.41) is 1.18. The number of methoxy groups -OCH3 is 1. The molecule has 6 nitrogen and oxygen atoms in total. The fourth-order valence-electron chi connectivity index (χ4n) is 5.39. The Morgan fingerprint density at radius 3 is 2.38 bits per heavy atom. The van der Waals surface area contributed by atoms with Crippen LogP contribution in [0.5, 0.6) is 0 Å². The molecule has 1 fully saturated rings. The largest absolute Gasteiger partial charge is 0.385 e. The zero-order chi connectivity index (χ0) is 27.0. The van der Waals surface area contributed by atoms with Crippen LogP contribution in [0.25, 0.3) is 10.9 Å². The van der Waals surface area contributed by atoms with Crippen LogP contribution >= 0.6 is 0 Å². The predicted molar refractivity (Wildman–Crippen MR) is 154 cm³/mol. The second-order valence-corrected chi connectivity index (χ2v) is 10.4. The molecule has 4 aromatic rings. The van der Waals surface area contributed by atoms with Crippen LogP contribution in [0.2, 0.25) is 0 Å². The number of benzene rings is 3. The summed E-state index contributed by atoms with van der Waals surface area (Å²) in [5.74, 6) is 0.225. The molecule has 1 saturated carbocycles. The van der Waals surface area contributed by atoms with E-state index in [4.69, 9.17) is 4.74 Å². The Morgan fingerprint density at radius 2 is 1.62 bits per heavy atom. The quantitative estimate of drug-likeness (QED) is 0.238. The van der Waals surface area contributed by atoms with Gasteiger partial charge in [-0.25, -0.2) is 0 Å². The minimum absolute atomic E-state index is 0.0265. The number of rotatable bonds is 13. The molecule has 202 valence electrons. The van der Waals surface area contributed by atoms with Gasteiger partial charge in [0.2, 0.25) is 11.8 Å². The van der Waals surface area contributed by atoms with Crippen molar-refractivity contribution in [3.8, 4) is 0 Å². The monoisotopic (exact) mass is 523 g/mol. The maximum atomic E-state index is 13.8. The molecule has 0 bridgehead atoms. The molecule has 2 amide bonds. The van der Waals surface area contributed by atoms with Crippen LogP contribution in [-0.2, 0) is 27.3 Å². The molecule has 5 rings (SSSR count). The Bertz CT molecular complexity index is 1370. The Balaban J connectivity index is 1.30.